The number of imidazole rings is 6. The van der Waals surface area contributed by atoms with E-state index in [0.29, 0.717) is 67.0 Å². The molecule has 54 nitrogen and oxygen atoms in total. The fraction of sp³-hybridized carbons (Fsp3) is 0.446. The third-order valence-corrected chi connectivity index (χ3v) is 27.0. The SMILES string of the molecule is BrI.C=C1C(OCP(C)(C)=O)=C(C)C[C@@H]1n1cnc2c(=O)[nH]c(N)nc21.C=C1C(OCP(C)(C)=O)=C(O)C[C@@H]1n1cnc2c(=O)[nH]c(N)nc21.CCC1=C(OCP(C)(C)=O)C(=O)[C@@H](n2cnc3c(=O)[nH]c(N)nc32)C1.CCOP(C)(=O)CO.C[C@@H]1C[C@H](n2cnc3c(=O)[nH]c(N)nc32)C(=O)[C@@H]1OCP(C)(C)=O.Nc1nc2c(ncn2[C@H]2CC=CC2=O)c(=O)[nH]1.Nc1nc2c(ncn2[C@H]2C[C@H](O)[C@@H](CO)C2=O)c(=O)[nH]1. The van der Waals surface area contributed by atoms with Gasteiger partial charge in [-0.1, -0.05) is 33.1 Å². The van der Waals surface area contributed by atoms with Crippen LogP contribution in [0.4, 0.5) is 35.7 Å². The number of nitrogens with zero attached hydrogens (tertiary/aromatic N) is 18. The number of nitrogens with one attached hydrogen (secondary N) is 6. The number of rotatable bonds is 23. The van der Waals surface area contributed by atoms with Crippen LogP contribution in [0.15, 0.2) is 137 Å². The van der Waals surface area contributed by atoms with Crippen molar-refractivity contribution in [1.29, 1.82) is 0 Å². The molecule has 1 unspecified atom stereocenters. The Morgan fingerprint density at radius 2 is 0.785 bits per heavy atom. The average Bonchev–Trinajstić information content (AvgIpc) is 1.63. The van der Waals surface area contributed by atoms with Crippen LogP contribution in [0, 0.1) is 11.8 Å². The molecule has 2 saturated carbocycles. The molecule has 6 aliphatic carbocycles. The van der Waals surface area contributed by atoms with Crippen molar-refractivity contribution >= 4 is 195 Å². The van der Waals surface area contributed by atoms with Crippen LogP contribution in [0.2, 0.25) is 0 Å². The van der Waals surface area contributed by atoms with Crippen molar-refractivity contribution in [2.75, 3.05) is 139 Å². The summed E-state index contributed by atoms with van der Waals surface area (Å²) in [5.41, 5.74) is 36.6. The van der Waals surface area contributed by atoms with Crippen molar-refractivity contribution in [2.45, 2.75) is 121 Å². The molecule has 776 valence electrons. The summed E-state index contributed by atoms with van der Waals surface area (Å²) in [7, 11) is -12.1. The van der Waals surface area contributed by atoms with E-state index in [0.717, 1.165) is 16.7 Å². The van der Waals surface area contributed by atoms with Crippen LogP contribution >= 0.6 is 69.0 Å². The largest absolute Gasteiger partial charge is 0.508 e. The highest BCUT2D eigenvalue weighted by atomic mass is 127. The van der Waals surface area contributed by atoms with Gasteiger partial charge in [-0.05, 0) is 129 Å². The number of aliphatic hydroxyl groups excluding tert-OH is 4. The molecule has 144 heavy (non-hydrogen) atoms. The standard InChI is InChI=1S/C15H20N5O4P.C15H20N5O3P.C14H18N5O4P.C14H20N5O4P.C11H13N5O4.C10H9N5O2.C4H11O3P.BrI/c1-4-8-5-9(11(21)12(8)24-7-25(2,3)23)20-6-17-10-13(20)18-15(16)19-14(10)22;1-8-5-10(9(2)12(8)23-7-24(3,4)22)20-6-17-11-13(20)18-15(16)19-14(11)21;1-7-8(4-9(20)11(7)23-6-24(2,3)22)19-5-16-10-12(19)17-14(15)18-13(10)21;1-7-4-8(10(20)11(7)23-6-24(2,3)22)19-5-16-9-12(19)17-14(15)18-13(9)21;12-11-14-9-7(10(20)15-11)13-3-16(9)5-1-6(18)4(2-17)8(5)19;11-10-13-8-7(9(17)14-10)12-4-15(8)5-2-1-3-6(5)16;1-3-7-8(2,6)4-5;1-2/h6,9H,4-5,7H2,1-3H3,(H3,16,18,19,22);6,10H,2,5,7H2,1,3-4H3,(H3,16,18,19,21);5,8,20H,1,4,6H2,2-3H3,(H3,15,17,18,21);5,7-8,11H,4,6H2,1-3H3,(H3,15,17,18,21);3-6,17-18H,1-2H2,(H3,12,14,15,20);1,3-5H,2H2,(H3,11,13,14,17);5H,3-4H2,1-2H3;/t9-;10-;8-;7-,8+,11-;4-,5+,6+;5-;;/m000110../s1. The zero-order chi connectivity index (χ0) is 106. The van der Waals surface area contributed by atoms with E-state index in [4.69, 9.17) is 63.6 Å². The summed E-state index contributed by atoms with van der Waals surface area (Å²) in [4.78, 5) is 183. The molecule has 22 N–H and O–H groups in total. The van der Waals surface area contributed by atoms with Gasteiger partial charge >= 0.3 is 0 Å². The Labute approximate surface area is 835 Å². The van der Waals surface area contributed by atoms with Crippen LogP contribution < -0.4 is 67.8 Å². The van der Waals surface area contributed by atoms with Gasteiger partial charge in [0.25, 0.3) is 33.4 Å². The molecule has 0 saturated heterocycles. The number of hydrogen-bond donors (Lipinski definition) is 16. The predicted molar refractivity (Wildman–Crippen MR) is 551 cm³/mol. The van der Waals surface area contributed by atoms with E-state index in [-0.39, 0.29) is 194 Å². The van der Waals surface area contributed by atoms with Crippen LogP contribution in [0.5, 0.6) is 0 Å². The lowest BCUT2D eigenvalue weighted by Gasteiger charge is -2.17. The normalized spacial score (nSPS) is 20.5. The predicted octanol–water partition coefficient (Wildman–Crippen LogP) is 6.51. The van der Waals surface area contributed by atoms with E-state index in [1.807, 2.05) is 41.1 Å². The number of Topliss-reactive ketones (excluding diaryl/α,β-unsaturated/α-hetero) is 3. The number of H-pyrrole nitrogens is 6. The number of ether oxygens (including phenoxy) is 4. The van der Waals surface area contributed by atoms with Crippen LogP contribution in [-0.4, -0.2) is 278 Å². The minimum Gasteiger partial charge on any atom is -0.508 e. The van der Waals surface area contributed by atoms with Gasteiger partial charge in [0.2, 0.25) is 48.8 Å². The van der Waals surface area contributed by atoms with Gasteiger partial charge in [0, 0.05) is 57.4 Å². The lowest BCUT2D eigenvalue weighted by Crippen LogP contribution is -2.27. The van der Waals surface area contributed by atoms with Crippen LogP contribution in [-0.2, 0) is 65.5 Å². The molecule has 0 radical (unpaired) electrons. The molecular formula is C83H111BrIN30O24P5. The maximum Gasteiger partial charge on any atom is 0.280 e. The van der Waals surface area contributed by atoms with Gasteiger partial charge in [0.1, 0.15) is 90.0 Å². The average molecular weight is 2270 g/mol. The number of fused-ring (bicyclic) bond motifs is 6. The van der Waals surface area contributed by atoms with Crippen LogP contribution in [0.3, 0.4) is 0 Å². The first-order valence-corrected chi connectivity index (χ1v) is 62.1. The molecule has 12 aromatic rings. The van der Waals surface area contributed by atoms with E-state index < -0.39 is 113 Å². The van der Waals surface area contributed by atoms with Crippen molar-refractivity contribution in [3.63, 3.8) is 0 Å². The van der Waals surface area contributed by atoms with Crippen molar-refractivity contribution < 1.29 is 85.9 Å². The van der Waals surface area contributed by atoms with E-state index in [9.17, 15) is 81.0 Å². The number of hydrogen-bond acceptors (Lipinski definition) is 42. The van der Waals surface area contributed by atoms with Crippen molar-refractivity contribution in [1.82, 2.24) is 117 Å². The Kier molecular flexibility index (Phi) is 35.5. The maximum absolute atomic E-state index is 12.8. The van der Waals surface area contributed by atoms with Gasteiger partial charge in [-0.25, -0.2) is 29.9 Å². The molecule has 6 aliphatic rings. The molecule has 0 bridgehead atoms. The molecule has 0 spiro atoms. The molecule has 11 atom stereocenters. The molecule has 18 rings (SSSR count). The molecule has 0 amide bonds. The second-order valence-electron chi connectivity index (χ2n) is 36.0. The molecular weight excluding hydrogens is 2160 g/mol. The van der Waals surface area contributed by atoms with Crippen LogP contribution in [0.1, 0.15) is 109 Å². The van der Waals surface area contributed by atoms with E-state index in [1.54, 1.807) is 95.5 Å². The summed E-state index contributed by atoms with van der Waals surface area (Å²) in [5, 5.41) is 37.4. The quantitative estimate of drug-likeness (QED) is 0.0240. The number of anilines is 6. The number of nitrogen functional groups attached to an aromatic ring is 6. The third-order valence-electron chi connectivity index (χ3n) is 22.7. The summed E-state index contributed by atoms with van der Waals surface area (Å²) in [6.07, 6.45) is 13.5. The van der Waals surface area contributed by atoms with E-state index in [1.165, 1.54) is 48.9 Å². The zero-order valence-electron chi connectivity index (χ0n) is 80.2. The van der Waals surface area contributed by atoms with Crippen LogP contribution in [0.25, 0.3) is 67.0 Å². The molecule has 2 fully saturated rings. The summed E-state index contributed by atoms with van der Waals surface area (Å²) in [6.45, 7) is 30.0. The fourth-order valence-corrected chi connectivity index (χ4v) is 18.5. The van der Waals surface area contributed by atoms with Gasteiger partial charge in [-0.15, -0.1) is 0 Å². The molecule has 12 heterocycles. The molecule has 61 heteroatoms. The zero-order valence-corrected chi connectivity index (χ0v) is 88.4. The maximum atomic E-state index is 12.8. The second-order valence-corrected chi connectivity index (χ2v) is 52.2. The number of carbonyl (C=O) groups is 4. The summed E-state index contributed by atoms with van der Waals surface area (Å²) in [5.74, 6) is -0.491. The van der Waals surface area contributed by atoms with Gasteiger partial charge in [0.15, 0.2) is 95.9 Å². The number of aromatic nitrogens is 24. The van der Waals surface area contributed by atoms with Gasteiger partial charge < -0.3 is 124 Å². The molecule has 0 aromatic carbocycles. The highest BCUT2D eigenvalue weighted by molar-refractivity contribution is 14.2. The first kappa shape index (κ1) is 112. The van der Waals surface area contributed by atoms with Gasteiger partial charge in [-0.2, -0.15) is 29.9 Å². The second kappa shape index (κ2) is 45.8. The number of aromatic amines is 6. The summed E-state index contributed by atoms with van der Waals surface area (Å²) >= 11 is 4.87. The Balaban J connectivity index is 0.000000162. The topological polar surface area (TPSA) is 818 Å². The minimum atomic E-state index is -2.62. The minimum absolute atomic E-state index is 0.00761. The Morgan fingerprint density at radius 3 is 1.10 bits per heavy atom. The van der Waals surface area contributed by atoms with Crippen molar-refractivity contribution in [3.05, 3.63) is 171 Å². The summed E-state index contributed by atoms with van der Waals surface area (Å²) in [6, 6.07) is -2.78. The fourth-order valence-electron chi connectivity index (χ4n) is 16.1. The number of carbonyl (C=O) groups excluding carboxylic acids is 4. The monoisotopic (exact) mass is 2270 g/mol. The number of halogens is 2. The Morgan fingerprint density at radius 1 is 0.458 bits per heavy atom. The third kappa shape index (κ3) is 26.0. The lowest BCUT2D eigenvalue weighted by atomic mass is 10.1. The summed E-state index contributed by atoms with van der Waals surface area (Å²) < 4.78 is 94.8. The first-order valence-electron chi connectivity index (χ1n) is 43.8. The van der Waals surface area contributed by atoms with Gasteiger partial charge in [-0.3, -0.25) is 82.4 Å². The Hall–Kier alpha value is -12.6. The van der Waals surface area contributed by atoms with E-state index >= 15 is 0 Å². The first-order chi connectivity index (χ1) is 67.5. The number of aliphatic hydroxyl groups is 4. The van der Waals surface area contributed by atoms with Gasteiger partial charge in [0.05, 0.1) is 87.4 Å². The highest BCUT2D eigenvalue weighted by Crippen LogP contribution is 2.48. The lowest BCUT2D eigenvalue weighted by molar-refractivity contribution is -0.130. The highest BCUT2D eigenvalue weighted by Gasteiger charge is 2.46. The van der Waals surface area contributed by atoms with E-state index in [2.05, 4.69) is 120 Å². The Bertz CT molecular complexity index is 7500. The number of allylic oxidation sites excluding steroid dienone is 8. The van der Waals surface area contributed by atoms with Crippen molar-refractivity contribution in [2.24, 2.45) is 11.8 Å². The smallest absolute Gasteiger partial charge is 0.280 e. The van der Waals surface area contributed by atoms with Crippen molar-refractivity contribution in [3.8, 4) is 0 Å². The molecule has 12 aromatic heterocycles. The number of nitrogens with two attached hydrogens (primary N) is 6. The number of ketones is 4. The molecule has 0 aliphatic heterocycles.